The molecule has 0 aliphatic heterocycles. The number of halogens is 1. The molecule has 0 atom stereocenters. The Bertz CT molecular complexity index is 343. The minimum atomic E-state index is 0.0277. The van der Waals surface area contributed by atoms with Crippen LogP contribution in [0.25, 0.3) is 0 Å². The van der Waals surface area contributed by atoms with Crippen molar-refractivity contribution >= 4 is 34.2 Å². The summed E-state index contributed by atoms with van der Waals surface area (Å²) in [5, 5.41) is 2.84. The highest BCUT2D eigenvalue weighted by Crippen LogP contribution is 2.08. The zero-order valence-corrected chi connectivity index (χ0v) is 10.8. The minimum Gasteiger partial charge on any atom is -0.326 e. The number of alkyl halides is 1. The van der Waals surface area contributed by atoms with Gasteiger partial charge in [0.25, 0.3) is 0 Å². The molecule has 0 spiro atoms. The first kappa shape index (κ1) is 12.2. The van der Waals surface area contributed by atoms with Gasteiger partial charge in [-0.1, -0.05) is 52.4 Å². The second kappa shape index (κ2) is 6.61. The molecule has 0 bridgehead atoms. The van der Waals surface area contributed by atoms with Crippen LogP contribution < -0.4 is 5.32 Å². The lowest BCUT2D eigenvalue weighted by atomic mass is 10.2. The first-order valence-electron chi connectivity index (χ1n) is 4.80. The highest BCUT2D eigenvalue weighted by Gasteiger charge is 1.98. The third-order valence-electron chi connectivity index (χ3n) is 1.89. The molecule has 0 radical (unpaired) electrons. The molecule has 80 valence electrons. The molecule has 0 saturated heterocycles. The molecule has 0 aliphatic rings. The van der Waals surface area contributed by atoms with Crippen LogP contribution in [0.15, 0.2) is 36.4 Å². The van der Waals surface area contributed by atoms with Gasteiger partial charge in [0, 0.05) is 16.5 Å². The predicted octanol–water partition coefficient (Wildman–Crippen LogP) is 3.31. The van der Waals surface area contributed by atoms with Crippen molar-refractivity contribution in [3.8, 4) is 0 Å². The number of carbonyl (C=O) groups is 1. The van der Waals surface area contributed by atoms with E-state index in [1.165, 1.54) is 5.56 Å². The molecule has 0 saturated carbocycles. The quantitative estimate of drug-likeness (QED) is 0.515. The smallest absolute Gasteiger partial charge is 0.228 e. The standard InChI is InChI=1S/C12H14INO/c1-10-5-7-11(8-6-10)14-12(15)4-2-3-9-13/h2-3,5-8H,4,9H2,1H3,(H,14,15)/b3-2+. The molecule has 1 amide bonds. The molecule has 1 aromatic carbocycles. The van der Waals surface area contributed by atoms with E-state index in [9.17, 15) is 4.79 Å². The lowest BCUT2D eigenvalue weighted by Crippen LogP contribution is -2.09. The van der Waals surface area contributed by atoms with E-state index in [0.29, 0.717) is 6.42 Å². The van der Waals surface area contributed by atoms with E-state index in [0.717, 1.165) is 10.1 Å². The van der Waals surface area contributed by atoms with Gasteiger partial charge < -0.3 is 5.32 Å². The fourth-order valence-corrected chi connectivity index (χ4v) is 1.46. The average Bonchev–Trinajstić information content (AvgIpc) is 2.22. The van der Waals surface area contributed by atoms with Crippen LogP contribution in [0.5, 0.6) is 0 Å². The largest absolute Gasteiger partial charge is 0.326 e. The number of anilines is 1. The summed E-state index contributed by atoms with van der Waals surface area (Å²) in [5.41, 5.74) is 2.05. The molecular formula is C12H14INO. The number of allylic oxidation sites excluding steroid dienone is 1. The molecule has 3 heteroatoms. The maximum atomic E-state index is 11.4. The number of benzene rings is 1. The third-order valence-corrected chi connectivity index (χ3v) is 2.40. The summed E-state index contributed by atoms with van der Waals surface area (Å²) >= 11 is 2.24. The molecule has 0 aliphatic carbocycles. The van der Waals surface area contributed by atoms with Crippen molar-refractivity contribution in [2.75, 3.05) is 9.74 Å². The maximum absolute atomic E-state index is 11.4. The topological polar surface area (TPSA) is 29.1 Å². The highest BCUT2D eigenvalue weighted by atomic mass is 127. The zero-order valence-electron chi connectivity index (χ0n) is 8.66. The number of nitrogens with one attached hydrogen (secondary N) is 1. The molecular weight excluding hydrogens is 301 g/mol. The summed E-state index contributed by atoms with van der Waals surface area (Å²) in [4.78, 5) is 11.4. The number of amides is 1. The van der Waals surface area contributed by atoms with Crippen LogP contribution in [0.2, 0.25) is 0 Å². The van der Waals surface area contributed by atoms with Gasteiger partial charge in [0.2, 0.25) is 5.91 Å². The molecule has 2 nitrogen and oxygen atoms in total. The second-order valence-electron chi connectivity index (χ2n) is 3.24. The van der Waals surface area contributed by atoms with E-state index in [1.807, 2.05) is 43.3 Å². The van der Waals surface area contributed by atoms with Crippen LogP contribution in [0.3, 0.4) is 0 Å². The van der Waals surface area contributed by atoms with Gasteiger partial charge in [-0.15, -0.1) is 0 Å². The van der Waals surface area contributed by atoms with Gasteiger partial charge in [0.15, 0.2) is 0 Å². The highest BCUT2D eigenvalue weighted by molar-refractivity contribution is 14.1. The van der Waals surface area contributed by atoms with E-state index in [1.54, 1.807) is 0 Å². The molecule has 1 N–H and O–H groups in total. The van der Waals surface area contributed by atoms with E-state index in [-0.39, 0.29) is 5.91 Å². The molecule has 15 heavy (non-hydrogen) atoms. The first-order chi connectivity index (χ1) is 7.22. The summed E-state index contributed by atoms with van der Waals surface area (Å²) in [7, 11) is 0. The minimum absolute atomic E-state index is 0.0277. The number of hydrogen-bond acceptors (Lipinski definition) is 1. The van der Waals surface area contributed by atoms with Crippen molar-refractivity contribution in [1.29, 1.82) is 0 Å². The summed E-state index contributed by atoms with van der Waals surface area (Å²) in [6.45, 7) is 2.02. The Kier molecular flexibility index (Phi) is 5.39. The van der Waals surface area contributed by atoms with Gasteiger partial charge in [-0.3, -0.25) is 4.79 Å². The summed E-state index contributed by atoms with van der Waals surface area (Å²) < 4.78 is 0.940. The van der Waals surface area contributed by atoms with Gasteiger partial charge in [-0.05, 0) is 19.1 Å². The van der Waals surface area contributed by atoms with Crippen LogP contribution in [0, 0.1) is 6.92 Å². The maximum Gasteiger partial charge on any atom is 0.228 e. The van der Waals surface area contributed by atoms with Gasteiger partial charge in [0.05, 0.1) is 0 Å². The van der Waals surface area contributed by atoms with Crippen molar-refractivity contribution in [1.82, 2.24) is 0 Å². The van der Waals surface area contributed by atoms with Crippen molar-refractivity contribution in [2.24, 2.45) is 0 Å². The predicted molar refractivity (Wildman–Crippen MR) is 72.5 cm³/mol. The van der Waals surface area contributed by atoms with Gasteiger partial charge in [-0.25, -0.2) is 0 Å². The molecule has 1 rings (SSSR count). The summed E-state index contributed by atoms with van der Waals surface area (Å²) in [6, 6.07) is 7.79. The monoisotopic (exact) mass is 315 g/mol. The molecule has 0 unspecified atom stereocenters. The SMILES string of the molecule is Cc1ccc(NC(=O)C/C=C/CI)cc1. The normalized spacial score (nSPS) is 10.5. The number of hydrogen-bond donors (Lipinski definition) is 1. The number of aryl methyl sites for hydroxylation is 1. The van der Waals surface area contributed by atoms with Crippen molar-refractivity contribution < 1.29 is 4.79 Å². The lowest BCUT2D eigenvalue weighted by Gasteiger charge is -2.03. The van der Waals surface area contributed by atoms with Gasteiger partial charge >= 0.3 is 0 Å². The zero-order chi connectivity index (χ0) is 11.1. The van der Waals surface area contributed by atoms with Gasteiger partial charge in [0.1, 0.15) is 0 Å². The third kappa shape index (κ3) is 4.97. The van der Waals surface area contributed by atoms with Crippen molar-refractivity contribution in [2.45, 2.75) is 13.3 Å². The van der Waals surface area contributed by atoms with E-state index in [2.05, 4.69) is 27.9 Å². The van der Waals surface area contributed by atoms with Crippen LogP contribution in [-0.4, -0.2) is 10.3 Å². The lowest BCUT2D eigenvalue weighted by molar-refractivity contribution is -0.115. The Hall–Kier alpha value is -0.840. The summed E-state index contributed by atoms with van der Waals surface area (Å²) in [5.74, 6) is 0.0277. The average molecular weight is 315 g/mol. The first-order valence-corrected chi connectivity index (χ1v) is 6.32. The van der Waals surface area contributed by atoms with Crippen molar-refractivity contribution in [3.05, 3.63) is 42.0 Å². The molecule has 0 aromatic heterocycles. The van der Waals surface area contributed by atoms with E-state index in [4.69, 9.17) is 0 Å². The van der Waals surface area contributed by atoms with E-state index < -0.39 is 0 Å². The Morgan fingerprint density at radius 3 is 2.60 bits per heavy atom. The Balaban J connectivity index is 2.44. The number of rotatable bonds is 4. The van der Waals surface area contributed by atoms with E-state index >= 15 is 0 Å². The Labute approximate surface area is 104 Å². The van der Waals surface area contributed by atoms with Crippen LogP contribution in [0.1, 0.15) is 12.0 Å². The van der Waals surface area contributed by atoms with Crippen LogP contribution in [-0.2, 0) is 4.79 Å². The Morgan fingerprint density at radius 2 is 2.00 bits per heavy atom. The van der Waals surface area contributed by atoms with Crippen LogP contribution >= 0.6 is 22.6 Å². The Morgan fingerprint density at radius 1 is 1.33 bits per heavy atom. The number of carbonyl (C=O) groups excluding carboxylic acids is 1. The second-order valence-corrected chi connectivity index (χ2v) is 4.12. The molecule has 0 heterocycles. The fraction of sp³-hybridized carbons (Fsp3) is 0.250. The molecule has 0 fully saturated rings. The fourth-order valence-electron chi connectivity index (χ4n) is 1.10. The van der Waals surface area contributed by atoms with Crippen molar-refractivity contribution in [3.63, 3.8) is 0 Å². The van der Waals surface area contributed by atoms with Gasteiger partial charge in [-0.2, -0.15) is 0 Å². The molecule has 1 aromatic rings. The summed E-state index contributed by atoms with van der Waals surface area (Å²) in [6.07, 6.45) is 4.31. The van der Waals surface area contributed by atoms with Crippen LogP contribution in [0.4, 0.5) is 5.69 Å².